The number of aryl methyl sites for hydroxylation is 1. The van der Waals surface area contributed by atoms with Gasteiger partial charge in [0.2, 0.25) is 5.78 Å². The molecule has 3 aromatic rings. The minimum absolute atomic E-state index is 0.0525. The van der Waals surface area contributed by atoms with Gasteiger partial charge in [-0.15, -0.1) is 0 Å². The predicted octanol–water partition coefficient (Wildman–Crippen LogP) is 3.37. The fourth-order valence-corrected chi connectivity index (χ4v) is 4.65. The molecule has 6 heteroatoms. The normalized spacial score (nSPS) is 18.0. The molecule has 0 amide bonds. The van der Waals surface area contributed by atoms with E-state index >= 15 is 0 Å². The number of carbonyl (C=O) groups is 1. The molecule has 1 aromatic heterocycles. The molecule has 3 heterocycles. The molecule has 0 spiro atoms. The zero-order valence-electron chi connectivity index (χ0n) is 16.0. The fraction of sp³-hybridized carbons (Fsp3) is 0.261. The number of halogens is 1. The lowest BCUT2D eigenvalue weighted by atomic mass is 9.99. The molecule has 5 nitrogen and oxygen atoms in total. The molecule has 0 unspecified atom stereocenters. The monoisotopic (exact) mass is 453 g/mol. The van der Waals surface area contributed by atoms with Gasteiger partial charge in [-0.3, -0.25) is 4.79 Å². The number of allylic oxidation sites excluding steroid dienone is 1. The van der Waals surface area contributed by atoms with Crippen molar-refractivity contribution in [3.8, 4) is 11.5 Å². The van der Waals surface area contributed by atoms with Gasteiger partial charge in [0.05, 0.1) is 18.7 Å². The summed E-state index contributed by atoms with van der Waals surface area (Å²) in [6, 6.07) is 9.17. The van der Waals surface area contributed by atoms with Crippen LogP contribution in [-0.4, -0.2) is 18.9 Å². The highest BCUT2D eigenvalue weighted by molar-refractivity contribution is 9.10. The topological polar surface area (TPSA) is 66.9 Å². The van der Waals surface area contributed by atoms with Gasteiger partial charge in [-0.1, -0.05) is 27.7 Å². The Morgan fingerprint density at radius 2 is 2.00 bits per heavy atom. The van der Waals surface area contributed by atoms with Crippen molar-refractivity contribution in [3.63, 3.8) is 0 Å². The van der Waals surface area contributed by atoms with Gasteiger partial charge in [0.1, 0.15) is 23.6 Å². The van der Waals surface area contributed by atoms with Crippen LogP contribution >= 0.6 is 15.9 Å². The second kappa shape index (κ2) is 7.04. The molecular weight excluding hydrogens is 434 g/mol. The highest BCUT2D eigenvalue weighted by atomic mass is 79.9. The highest BCUT2D eigenvalue weighted by Crippen LogP contribution is 2.41. The Balaban J connectivity index is 1.53. The van der Waals surface area contributed by atoms with Crippen LogP contribution in [0.3, 0.4) is 0 Å². The van der Waals surface area contributed by atoms with Gasteiger partial charge in [0.15, 0.2) is 5.76 Å². The van der Waals surface area contributed by atoms with E-state index in [1.165, 1.54) is 17.7 Å². The number of benzene rings is 2. The molecule has 29 heavy (non-hydrogen) atoms. The second-order valence-corrected chi connectivity index (χ2v) is 8.69. The molecule has 1 saturated heterocycles. The number of hydrogen-bond acceptors (Lipinski definition) is 4. The summed E-state index contributed by atoms with van der Waals surface area (Å²) >= 11 is 3.45. The van der Waals surface area contributed by atoms with E-state index in [0.29, 0.717) is 34.7 Å². The summed E-state index contributed by atoms with van der Waals surface area (Å²) in [6.07, 6.45) is 3.96. The molecule has 0 atom stereocenters. The van der Waals surface area contributed by atoms with Crippen LogP contribution in [0.4, 0.5) is 0 Å². The summed E-state index contributed by atoms with van der Waals surface area (Å²) in [5, 5.41) is 13.6. The molecule has 1 fully saturated rings. The Morgan fingerprint density at radius 3 is 2.79 bits per heavy atom. The van der Waals surface area contributed by atoms with E-state index < -0.39 is 0 Å². The number of fused-ring (bicyclic) bond motifs is 2. The largest absolute Gasteiger partial charge is 0.872 e. The summed E-state index contributed by atoms with van der Waals surface area (Å²) < 4.78 is 12.8. The first-order chi connectivity index (χ1) is 14.0. The minimum atomic E-state index is -0.197. The SMILES string of the molecule is Cc1cc([O-])c(C[NH+]2CCCC2)c2c1C(=O)/C(=C/c1cc3cc(Br)ccc3o1)O2. The van der Waals surface area contributed by atoms with Crippen LogP contribution in [0.25, 0.3) is 17.0 Å². The van der Waals surface area contributed by atoms with Crippen molar-refractivity contribution in [2.24, 2.45) is 0 Å². The average Bonchev–Trinajstić information content (AvgIpc) is 3.38. The third kappa shape index (κ3) is 3.26. The zero-order chi connectivity index (χ0) is 20.1. The first-order valence-electron chi connectivity index (χ1n) is 9.80. The van der Waals surface area contributed by atoms with Crippen molar-refractivity contribution in [2.75, 3.05) is 13.1 Å². The van der Waals surface area contributed by atoms with Crippen LogP contribution in [0.1, 0.15) is 40.1 Å². The molecule has 2 aliphatic heterocycles. The van der Waals surface area contributed by atoms with Crippen molar-refractivity contribution >= 4 is 38.8 Å². The van der Waals surface area contributed by atoms with Crippen LogP contribution in [0.15, 0.2) is 45.0 Å². The predicted molar refractivity (Wildman–Crippen MR) is 111 cm³/mol. The molecule has 1 N–H and O–H groups in total. The van der Waals surface area contributed by atoms with Crippen molar-refractivity contribution in [1.82, 2.24) is 0 Å². The van der Waals surface area contributed by atoms with Gasteiger partial charge in [-0.25, -0.2) is 0 Å². The number of carbonyl (C=O) groups excluding carboxylic acids is 1. The number of ketones is 1. The summed E-state index contributed by atoms with van der Waals surface area (Å²) in [5.74, 6) is 0.926. The molecule has 2 aliphatic rings. The number of furan rings is 1. The van der Waals surface area contributed by atoms with E-state index in [0.717, 1.165) is 28.5 Å². The van der Waals surface area contributed by atoms with E-state index in [1.54, 1.807) is 19.1 Å². The number of ether oxygens (including phenoxy) is 1. The van der Waals surface area contributed by atoms with E-state index in [1.807, 2.05) is 24.3 Å². The maximum atomic E-state index is 13.0. The lowest BCUT2D eigenvalue weighted by molar-refractivity contribution is -0.901. The van der Waals surface area contributed by atoms with Gasteiger partial charge in [-0.2, -0.15) is 0 Å². The number of hydrogen-bond donors (Lipinski definition) is 1. The Kier molecular flexibility index (Phi) is 4.48. The first kappa shape index (κ1) is 18.5. The molecule has 148 valence electrons. The number of nitrogens with one attached hydrogen (secondary N) is 1. The Morgan fingerprint density at radius 1 is 1.21 bits per heavy atom. The number of rotatable bonds is 3. The molecule has 0 aliphatic carbocycles. The first-order valence-corrected chi connectivity index (χ1v) is 10.6. The lowest BCUT2D eigenvalue weighted by Gasteiger charge is -2.20. The summed E-state index contributed by atoms with van der Waals surface area (Å²) in [4.78, 5) is 14.4. The third-order valence-electron chi connectivity index (χ3n) is 5.71. The molecule has 0 bridgehead atoms. The second-order valence-electron chi connectivity index (χ2n) is 7.78. The van der Waals surface area contributed by atoms with Crippen molar-refractivity contribution in [3.05, 3.63) is 63.0 Å². The van der Waals surface area contributed by atoms with Gasteiger partial charge in [0.25, 0.3) is 0 Å². The fourth-order valence-electron chi connectivity index (χ4n) is 4.27. The maximum Gasteiger partial charge on any atom is 0.232 e. The number of Topliss-reactive ketones (excluding diaryl/α,β-unsaturated/α-hetero) is 1. The van der Waals surface area contributed by atoms with Crippen LogP contribution < -0.4 is 14.7 Å². The number of quaternary nitrogens is 1. The van der Waals surface area contributed by atoms with Crippen molar-refractivity contribution < 1.29 is 24.0 Å². The van der Waals surface area contributed by atoms with Gasteiger partial charge >= 0.3 is 0 Å². The van der Waals surface area contributed by atoms with Gasteiger partial charge in [-0.05, 0) is 36.8 Å². The quantitative estimate of drug-likeness (QED) is 0.617. The highest BCUT2D eigenvalue weighted by Gasteiger charge is 2.33. The van der Waals surface area contributed by atoms with Crippen LogP contribution in [0, 0.1) is 6.92 Å². The van der Waals surface area contributed by atoms with E-state index in [4.69, 9.17) is 9.15 Å². The van der Waals surface area contributed by atoms with Crippen LogP contribution in [0.5, 0.6) is 11.5 Å². The smallest absolute Gasteiger partial charge is 0.232 e. The lowest BCUT2D eigenvalue weighted by Crippen LogP contribution is -3.08. The van der Waals surface area contributed by atoms with E-state index in [9.17, 15) is 9.90 Å². The zero-order valence-corrected chi connectivity index (χ0v) is 17.6. The Bertz CT molecular complexity index is 1170. The Labute approximate surface area is 176 Å². The molecular formula is C23H20BrNO4. The third-order valence-corrected chi connectivity index (χ3v) is 6.20. The molecule has 2 aromatic carbocycles. The van der Waals surface area contributed by atoms with Crippen LogP contribution in [0.2, 0.25) is 0 Å². The van der Waals surface area contributed by atoms with Gasteiger partial charge in [0, 0.05) is 34.3 Å². The molecule has 5 rings (SSSR count). The standard InChI is InChI=1S/C23H20BrNO4/c1-13-8-18(26)17(12-25-6-2-3-7-25)23-21(13)22(27)20(29-23)11-16-10-14-9-15(24)4-5-19(14)28-16/h4-5,8-11,26H,2-3,6-7,12H2,1H3/b20-11-. The summed E-state index contributed by atoms with van der Waals surface area (Å²) in [7, 11) is 0. The minimum Gasteiger partial charge on any atom is -0.872 e. The summed E-state index contributed by atoms with van der Waals surface area (Å²) in [6.45, 7) is 4.48. The van der Waals surface area contributed by atoms with Crippen molar-refractivity contribution in [2.45, 2.75) is 26.3 Å². The maximum absolute atomic E-state index is 13.0. The van der Waals surface area contributed by atoms with Gasteiger partial charge < -0.3 is 19.2 Å². The van der Waals surface area contributed by atoms with E-state index in [-0.39, 0.29) is 17.3 Å². The average molecular weight is 454 g/mol. The summed E-state index contributed by atoms with van der Waals surface area (Å²) in [5.41, 5.74) is 2.50. The van der Waals surface area contributed by atoms with Crippen molar-refractivity contribution in [1.29, 1.82) is 0 Å². The molecule has 0 saturated carbocycles. The van der Waals surface area contributed by atoms with E-state index in [2.05, 4.69) is 15.9 Å². The molecule has 0 radical (unpaired) electrons. The van der Waals surface area contributed by atoms with Crippen LogP contribution in [-0.2, 0) is 6.54 Å². The number of likely N-dealkylation sites (tertiary alicyclic amines) is 1. The Hall–Kier alpha value is -2.57.